The smallest absolute Gasteiger partial charge is 0.347 e. The summed E-state index contributed by atoms with van der Waals surface area (Å²) in [6.07, 6.45) is 3.04. The Morgan fingerprint density at radius 3 is 2.88 bits per heavy atom. The number of benzene rings is 2. The van der Waals surface area contributed by atoms with Crippen LogP contribution in [-0.2, 0) is 6.54 Å². The molecule has 4 rings (SSSR count). The molecule has 1 atom stereocenters. The predicted molar refractivity (Wildman–Crippen MR) is 124 cm³/mol. The van der Waals surface area contributed by atoms with Crippen molar-refractivity contribution < 1.29 is 9.53 Å². The Labute approximate surface area is 187 Å². The number of likely N-dealkylation sites (N-methyl/N-ethyl adjacent to an activating group) is 2. The summed E-state index contributed by atoms with van der Waals surface area (Å²) in [5.74, 6) is 0.845. The fraction of sp³-hybridized carbons (Fsp3) is 0.292. The highest BCUT2D eigenvalue weighted by molar-refractivity contribution is 5.89. The van der Waals surface area contributed by atoms with E-state index in [9.17, 15) is 9.59 Å². The van der Waals surface area contributed by atoms with Gasteiger partial charge in [-0.15, -0.1) is 0 Å². The van der Waals surface area contributed by atoms with Gasteiger partial charge in [-0.1, -0.05) is 24.3 Å². The summed E-state index contributed by atoms with van der Waals surface area (Å²) < 4.78 is 7.65. The third-order valence-electron chi connectivity index (χ3n) is 5.44. The van der Waals surface area contributed by atoms with Crippen LogP contribution in [0.2, 0.25) is 0 Å². The van der Waals surface area contributed by atoms with Crippen LogP contribution in [0.15, 0.2) is 71.8 Å². The molecule has 2 amide bonds. The summed E-state index contributed by atoms with van der Waals surface area (Å²) in [6, 6.07) is 16.9. The maximum atomic E-state index is 12.8. The molecule has 0 spiro atoms. The topological polar surface area (TPSA) is 79.7 Å². The molecule has 0 bridgehead atoms. The maximum Gasteiger partial charge on any atom is 0.347 e. The Bertz CT molecular complexity index is 1150. The number of carbonyl (C=O) groups is 1. The van der Waals surface area contributed by atoms with Crippen molar-refractivity contribution >= 4 is 17.4 Å². The van der Waals surface area contributed by atoms with E-state index in [-0.39, 0.29) is 17.8 Å². The summed E-state index contributed by atoms with van der Waals surface area (Å²) >= 11 is 0. The van der Waals surface area contributed by atoms with Crippen molar-refractivity contribution in [1.82, 2.24) is 14.5 Å². The highest BCUT2D eigenvalue weighted by atomic mass is 16.5. The first-order chi connectivity index (χ1) is 15.5. The lowest BCUT2D eigenvalue weighted by molar-refractivity contribution is 0.150. The number of amides is 2. The summed E-state index contributed by atoms with van der Waals surface area (Å²) in [5.41, 5.74) is 2.34. The fourth-order valence-corrected chi connectivity index (χ4v) is 3.83. The number of nitrogens with one attached hydrogen (secondary N) is 1. The minimum atomic E-state index is -0.308. The highest BCUT2D eigenvalue weighted by Gasteiger charge is 2.26. The number of rotatable bonds is 6. The van der Waals surface area contributed by atoms with Gasteiger partial charge in [-0.25, -0.2) is 14.6 Å². The monoisotopic (exact) mass is 433 g/mol. The zero-order chi connectivity index (χ0) is 22.5. The fourth-order valence-electron chi connectivity index (χ4n) is 3.83. The van der Waals surface area contributed by atoms with Gasteiger partial charge in [-0.3, -0.25) is 4.57 Å². The van der Waals surface area contributed by atoms with Crippen LogP contribution in [0.5, 0.6) is 5.75 Å². The third-order valence-corrected chi connectivity index (χ3v) is 5.44. The Hall–Kier alpha value is -3.81. The molecular formula is C24H27N5O3. The van der Waals surface area contributed by atoms with Gasteiger partial charge in [0.15, 0.2) is 0 Å². The van der Waals surface area contributed by atoms with Gasteiger partial charge < -0.3 is 19.9 Å². The third kappa shape index (κ3) is 4.91. The van der Waals surface area contributed by atoms with Crippen LogP contribution in [0.3, 0.4) is 0 Å². The molecule has 8 nitrogen and oxygen atoms in total. The van der Waals surface area contributed by atoms with Gasteiger partial charge in [0.25, 0.3) is 0 Å². The molecule has 0 fully saturated rings. The van der Waals surface area contributed by atoms with Crippen molar-refractivity contribution in [3.8, 4) is 5.75 Å². The normalized spacial score (nSPS) is 14.9. The Morgan fingerprint density at radius 2 is 2.06 bits per heavy atom. The van der Waals surface area contributed by atoms with E-state index in [1.807, 2.05) is 42.5 Å². The van der Waals surface area contributed by atoms with Crippen molar-refractivity contribution in [3.63, 3.8) is 0 Å². The van der Waals surface area contributed by atoms with Crippen molar-refractivity contribution in [2.24, 2.45) is 0 Å². The summed E-state index contributed by atoms with van der Waals surface area (Å²) in [7, 11) is 1.76. The van der Waals surface area contributed by atoms with Crippen LogP contribution >= 0.6 is 0 Å². The largest absolute Gasteiger partial charge is 0.485 e. The Kier molecular flexibility index (Phi) is 6.39. The summed E-state index contributed by atoms with van der Waals surface area (Å²) in [6.45, 7) is 4.55. The molecule has 8 heteroatoms. The van der Waals surface area contributed by atoms with E-state index >= 15 is 0 Å². The van der Waals surface area contributed by atoms with E-state index in [0.29, 0.717) is 18.8 Å². The van der Waals surface area contributed by atoms with Gasteiger partial charge in [-0.05, 0) is 42.8 Å². The van der Waals surface area contributed by atoms with Gasteiger partial charge in [0.1, 0.15) is 11.9 Å². The molecule has 1 aromatic heterocycles. The number of fused-ring (bicyclic) bond motifs is 1. The quantitative estimate of drug-likeness (QED) is 0.646. The Balaban J connectivity index is 1.38. The number of aromatic nitrogens is 2. The van der Waals surface area contributed by atoms with Gasteiger partial charge in [0, 0.05) is 31.7 Å². The predicted octanol–water partition coefficient (Wildman–Crippen LogP) is 3.04. The molecule has 0 saturated heterocycles. The van der Waals surface area contributed by atoms with Crippen LogP contribution in [0.1, 0.15) is 12.5 Å². The number of nitrogens with zero attached hydrogens (tertiary/aromatic N) is 4. The standard InChI is InChI=1S/C24H27N5O3/c1-3-28-17-20(32-22-11-5-4-10-21(22)28)16-27(2)24(31)26-19-9-6-8-18(14-19)15-29-13-7-12-25-23(29)30/h4-14,20H,3,15-17H2,1-2H3,(H,26,31). The second-order valence-electron chi connectivity index (χ2n) is 7.79. The van der Waals surface area contributed by atoms with Crippen LogP contribution < -0.4 is 20.6 Å². The highest BCUT2D eigenvalue weighted by Crippen LogP contribution is 2.32. The molecule has 166 valence electrons. The molecule has 2 aromatic carbocycles. The number of anilines is 2. The first-order valence-corrected chi connectivity index (χ1v) is 10.7. The van der Waals surface area contributed by atoms with Crippen molar-refractivity contribution in [1.29, 1.82) is 0 Å². The zero-order valence-electron chi connectivity index (χ0n) is 18.3. The van der Waals surface area contributed by atoms with Crippen molar-refractivity contribution in [3.05, 3.63) is 83.0 Å². The van der Waals surface area contributed by atoms with Gasteiger partial charge in [-0.2, -0.15) is 0 Å². The first-order valence-electron chi connectivity index (χ1n) is 10.7. The summed E-state index contributed by atoms with van der Waals surface area (Å²) in [5, 5.41) is 2.93. The number of hydrogen-bond acceptors (Lipinski definition) is 5. The second-order valence-corrected chi connectivity index (χ2v) is 7.79. The van der Waals surface area contributed by atoms with Gasteiger partial charge >= 0.3 is 11.7 Å². The van der Waals surface area contributed by atoms with E-state index in [4.69, 9.17) is 4.74 Å². The van der Waals surface area contributed by atoms with Gasteiger partial charge in [0.2, 0.25) is 0 Å². The van der Waals surface area contributed by atoms with E-state index < -0.39 is 0 Å². The summed E-state index contributed by atoms with van der Waals surface area (Å²) in [4.78, 5) is 32.3. The molecule has 1 unspecified atom stereocenters. The molecule has 0 radical (unpaired) electrons. The minimum absolute atomic E-state index is 0.121. The first kappa shape index (κ1) is 21.4. The van der Waals surface area contributed by atoms with Crippen molar-refractivity contribution in [2.75, 3.05) is 36.9 Å². The molecule has 1 aliphatic heterocycles. The number of ether oxygens (including phenoxy) is 1. The zero-order valence-corrected chi connectivity index (χ0v) is 18.3. The van der Waals surface area contributed by atoms with Crippen molar-refractivity contribution in [2.45, 2.75) is 19.6 Å². The van der Waals surface area contributed by atoms with Crippen LogP contribution in [0.25, 0.3) is 0 Å². The molecule has 2 heterocycles. The molecule has 3 aromatic rings. The Morgan fingerprint density at radius 1 is 1.22 bits per heavy atom. The maximum absolute atomic E-state index is 12.8. The lowest BCUT2D eigenvalue weighted by Crippen LogP contribution is -2.47. The van der Waals surface area contributed by atoms with E-state index in [2.05, 4.69) is 28.2 Å². The number of carbonyl (C=O) groups excluding carboxylic acids is 1. The van der Waals surface area contributed by atoms with E-state index in [1.54, 1.807) is 24.2 Å². The molecule has 1 N–H and O–H groups in total. The van der Waals surface area contributed by atoms with E-state index in [1.165, 1.54) is 10.8 Å². The molecule has 32 heavy (non-hydrogen) atoms. The lowest BCUT2D eigenvalue weighted by atomic mass is 10.2. The minimum Gasteiger partial charge on any atom is -0.485 e. The molecular weight excluding hydrogens is 406 g/mol. The van der Waals surface area contributed by atoms with Crippen LogP contribution in [0.4, 0.5) is 16.2 Å². The number of urea groups is 1. The van der Waals surface area contributed by atoms with Crippen LogP contribution in [0, 0.1) is 0 Å². The van der Waals surface area contributed by atoms with Gasteiger partial charge in [0.05, 0.1) is 25.3 Å². The lowest BCUT2D eigenvalue weighted by Gasteiger charge is -2.37. The van der Waals surface area contributed by atoms with E-state index in [0.717, 1.165) is 30.1 Å². The molecule has 0 saturated carbocycles. The SMILES string of the molecule is CCN1CC(CN(C)C(=O)Nc2cccc(Cn3cccnc3=O)c2)Oc2ccccc21. The molecule has 1 aliphatic rings. The number of para-hydroxylation sites is 2. The second kappa shape index (κ2) is 9.55. The average Bonchev–Trinajstić information content (AvgIpc) is 2.80. The average molecular weight is 434 g/mol. The number of hydrogen-bond donors (Lipinski definition) is 1. The van der Waals surface area contributed by atoms with Crippen LogP contribution in [-0.4, -0.2) is 53.3 Å². The molecule has 0 aliphatic carbocycles.